The molecule has 25 heavy (non-hydrogen) atoms. The summed E-state index contributed by atoms with van der Waals surface area (Å²) in [5.41, 5.74) is 3.78. The Labute approximate surface area is 142 Å². The molecule has 0 saturated carbocycles. The van der Waals surface area contributed by atoms with Crippen LogP contribution in [-0.4, -0.2) is 21.6 Å². The van der Waals surface area contributed by atoms with Crippen LogP contribution in [0.15, 0.2) is 53.4 Å². The number of halogens is 1. The summed E-state index contributed by atoms with van der Waals surface area (Å²) < 4.78 is 24.4. The smallest absolute Gasteiger partial charge is 0.181 e. The molecule has 4 aromatic rings. The number of aromatic nitrogens is 3. The van der Waals surface area contributed by atoms with Crippen LogP contribution >= 0.6 is 0 Å². The van der Waals surface area contributed by atoms with E-state index >= 15 is 0 Å². The van der Waals surface area contributed by atoms with E-state index in [9.17, 15) is 4.39 Å². The summed E-state index contributed by atoms with van der Waals surface area (Å²) in [4.78, 5) is 12.0. The molecule has 1 N–H and O–H groups in total. The monoisotopic (exact) mass is 335 g/mol. The molecule has 0 radical (unpaired) electrons. The molecule has 0 aliphatic carbocycles. The lowest BCUT2D eigenvalue weighted by atomic mass is 9.96. The van der Waals surface area contributed by atoms with Crippen LogP contribution in [0.2, 0.25) is 0 Å². The van der Waals surface area contributed by atoms with Crippen molar-refractivity contribution in [1.82, 2.24) is 15.0 Å². The van der Waals surface area contributed by atoms with Crippen molar-refractivity contribution < 1.29 is 13.5 Å². The number of nitrogens with zero attached hydrogens (tertiary/aromatic N) is 2. The van der Waals surface area contributed by atoms with E-state index in [1.54, 1.807) is 12.3 Å². The van der Waals surface area contributed by atoms with Crippen molar-refractivity contribution in [3.63, 3.8) is 0 Å². The Hall–Kier alpha value is -3.15. The van der Waals surface area contributed by atoms with Gasteiger partial charge in [0, 0.05) is 11.6 Å². The highest BCUT2D eigenvalue weighted by Crippen LogP contribution is 2.33. The van der Waals surface area contributed by atoms with Crippen LogP contribution in [0.4, 0.5) is 4.39 Å². The molecule has 1 atom stereocenters. The first kappa shape index (κ1) is 14.2. The van der Waals surface area contributed by atoms with Gasteiger partial charge >= 0.3 is 0 Å². The zero-order chi connectivity index (χ0) is 16.8. The van der Waals surface area contributed by atoms with Gasteiger partial charge in [-0.1, -0.05) is 6.07 Å². The molecular weight excluding hydrogens is 321 g/mol. The highest BCUT2D eigenvalue weighted by Gasteiger charge is 2.24. The van der Waals surface area contributed by atoms with Crippen molar-refractivity contribution >= 4 is 11.0 Å². The van der Waals surface area contributed by atoms with Gasteiger partial charge in [0.1, 0.15) is 17.4 Å². The summed E-state index contributed by atoms with van der Waals surface area (Å²) >= 11 is 0. The van der Waals surface area contributed by atoms with Crippen LogP contribution in [0, 0.1) is 5.82 Å². The Morgan fingerprint density at radius 1 is 1.16 bits per heavy atom. The van der Waals surface area contributed by atoms with Crippen LogP contribution in [0.3, 0.4) is 0 Å². The van der Waals surface area contributed by atoms with E-state index in [4.69, 9.17) is 14.1 Å². The molecule has 6 heteroatoms. The Balaban J connectivity index is 1.48. The van der Waals surface area contributed by atoms with Gasteiger partial charge < -0.3 is 14.1 Å². The average Bonchev–Trinajstić information content (AvgIpc) is 3.30. The Morgan fingerprint density at radius 2 is 2.12 bits per heavy atom. The van der Waals surface area contributed by atoms with Crippen LogP contribution in [0.1, 0.15) is 17.3 Å². The van der Waals surface area contributed by atoms with Gasteiger partial charge in [-0.2, -0.15) is 0 Å². The molecule has 5 rings (SSSR count). The molecule has 3 heterocycles. The number of nitrogens with one attached hydrogen (secondary N) is 1. The molecule has 0 spiro atoms. The zero-order valence-electron chi connectivity index (χ0n) is 13.2. The minimum atomic E-state index is -0.277. The van der Waals surface area contributed by atoms with Crippen LogP contribution < -0.4 is 4.74 Å². The third kappa shape index (κ3) is 2.46. The maximum absolute atomic E-state index is 13.3. The zero-order valence-corrected chi connectivity index (χ0v) is 13.2. The molecule has 2 aromatic carbocycles. The molecule has 124 valence electrons. The van der Waals surface area contributed by atoms with Gasteiger partial charge in [0.2, 0.25) is 0 Å². The maximum atomic E-state index is 13.3. The van der Waals surface area contributed by atoms with Crippen molar-refractivity contribution in [2.45, 2.75) is 12.3 Å². The molecule has 1 unspecified atom stereocenters. The number of benzene rings is 2. The molecule has 0 bridgehead atoms. The third-order valence-electron chi connectivity index (χ3n) is 4.54. The van der Waals surface area contributed by atoms with E-state index in [1.165, 1.54) is 18.5 Å². The quantitative estimate of drug-likeness (QED) is 0.599. The number of rotatable bonds is 2. The number of H-pyrrole nitrogens is 1. The van der Waals surface area contributed by atoms with E-state index in [2.05, 4.69) is 9.97 Å². The number of oxazole rings is 1. The fourth-order valence-corrected chi connectivity index (χ4v) is 3.26. The Kier molecular flexibility index (Phi) is 3.09. The third-order valence-corrected chi connectivity index (χ3v) is 4.54. The van der Waals surface area contributed by atoms with Crippen molar-refractivity contribution in [3.8, 4) is 17.1 Å². The first-order chi connectivity index (χ1) is 12.3. The van der Waals surface area contributed by atoms with Gasteiger partial charge in [0.05, 0.1) is 29.8 Å². The van der Waals surface area contributed by atoms with Crippen molar-refractivity contribution in [3.05, 3.63) is 66.2 Å². The summed E-state index contributed by atoms with van der Waals surface area (Å²) in [6.07, 6.45) is 3.87. The summed E-state index contributed by atoms with van der Waals surface area (Å²) in [6, 6.07) is 10.6. The molecule has 1 aliphatic heterocycles. The number of fused-ring (bicyclic) bond motifs is 2. The fraction of sp³-hybridized carbons (Fsp3) is 0.158. The summed E-state index contributed by atoms with van der Waals surface area (Å²) in [5, 5.41) is 0. The van der Waals surface area contributed by atoms with E-state index in [0.29, 0.717) is 12.4 Å². The van der Waals surface area contributed by atoms with Crippen molar-refractivity contribution in [2.24, 2.45) is 0 Å². The molecule has 0 amide bonds. The van der Waals surface area contributed by atoms with Crippen molar-refractivity contribution in [2.75, 3.05) is 6.61 Å². The number of aromatic amines is 1. The summed E-state index contributed by atoms with van der Waals surface area (Å²) in [7, 11) is 0. The predicted molar refractivity (Wildman–Crippen MR) is 89.9 cm³/mol. The largest absolute Gasteiger partial charge is 0.492 e. The highest BCUT2D eigenvalue weighted by molar-refractivity contribution is 5.80. The van der Waals surface area contributed by atoms with E-state index < -0.39 is 0 Å². The van der Waals surface area contributed by atoms with Gasteiger partial charge in [-0.15, -0.1) is 0 Å². The average molecular weight is 335 g/mol. The minimum absolute atomic E-state index is 0.110. The van der Waals surface area contributed by atoms with Crippen molar-refractivity contribution in [1.29, 1.82) is 0 Å². The molecule has 2 aromatic heterocycles. The molecule has 5 nitrogen and oxygen atoms in total. The summed E-state index contributed by atoms with van der Waals surface area (Å²) in [6.45, 7) is 0.477. The molecule has 1 aliphatic rings. The van der Waals surface area contributed by atoms with E-state index in [1.807, 2.05) is 18.2 Å². The van der Waals surface area contributed by atoms with E-state index in [-0.39, 0.29) is 11.7 Å². The molecular formula is C19H14FN3O2. The lowest BCUT2D eigenvalue weighted by Crippen LogP contribution is -2.20. The first-order valence-electron chi connectivity index (χ1n) is 8.06. The lowest BCUT2D eigenvalue weighted by molar-refractivity contribution is 0.257. The van der Waals surface area contributed by atoms with Gasteiger partial charge in [-0.05, 0) is 36.2 Å². The predicted octanol–water partition coefficient (Wildman–Crippen LogP) is 4.08. The number of imidazole rings is 1. The highest BCUT2D eigenvalue weighted by atomic mass is 19.1. The second-order valence-corrected chi connectivity index (χ2v) is 6.18. The molecule has 0 saturated heterocycles. The second kappa shape index (κ2) is 5.44. The topological polar surface area (TPSA) is 63.9 Å². The maximum Gasteiger partial charge on any atom is 0.181 e. The first-order valence-corrected chi connectivity index (χ1v) is 8.06. The fourth-order valence-electron chi connectivity index (χ4n) is 3.26. The van der Waals surface area contributed by atoms with Gasteiger partial charge in [0.25, 0.3) is 0 Å². The SMILES string of the molecule is Fc1ccc2c(c1)OCC(c1nc3ccc(-c4cnco4)cc3[nH]1)C2. The number of hydrogen-bond acceptors (Lipinski definition) is 4. The number of ether oxygens (including phenoxy) is 1. The normalized spacial score (nSPS) is 16.6. The van der Waals surface area contributed by atoms with Gasteiger partial charge in [0.15, 0.2) is 12.2 Å². The van der Waals surface area contributed by atoms with Crippen LogP contribution in [-0.2, 0) is 6.42 Å². The van der Waals surface area contributed by atoms with Crippen LogP contribution in [0.25, 0.3) is 22.4 Å². The Morgan fingerprint density at radius 3 is 3.00 bits per heavy atom. The minimum Gasteiger partial charge on any atom is -0.492 e. The number of hydrogen-bond donors (Lipinski definition) is 1. The van der Waals surface area contributed by atoms with Crippen LogP contribution in [0.5, 0.6) is 5.75 Å². The molecule has 0 fully saturated rings. The van der Waals surface area contributed by atoms with E-state index in [0.717, 1.165) is 40.2 Å². The lowest BCUT2D eigenvalue weighted by Gasteiger charge is -2.23. The Bertz CT molecular complexity index is 1060. The van der Waals surface area contributed by atoms with Gasteiger partial charge in [-0.25, -0.2) is 14.4 Å². The second-order valence-electron chi connectivity index (χ2n) is 6.18. The van der Waals surface area contributed by atoms with Gasteiger partial charge in [-0.3, -0.25) is 0 Å². The standard InChI is InChI=1S/C19H14FN3O2/c20-14-3-1-11-5-13(9-24-17(11)7-14)19-22-15-4-2-12(6-16(15)23-19)18-8-21-10-25-18/h1-4,6-8,10,13H,5,9H2,(H,22,23). The summed E-state index contributed by atoms with van der Waals surface area (Å²) in [5.74, 6) is 2.05.